The Hall–Kier alpha value is -2.24. The molecule has 1 saturated heterocycles. The number of halogens is 1. The number of anilines is 2. The summed E-state index contributed by atoms with van der Waals surface area (Å²) in [6.45, 7) is 8.40. The van der Waals surface area contributed by atoms with Gasteiger partial charge in [-0.15, -0.1) is 0 Å². The first kappa shape index (κ1) is 19.5. The molecule has 2 aromatic carbocycles. The van der Waals surface area contributed by atoms with E-state index in [4.69, 9.17) is 16.3 Å². The molecular weight excluding hydrogens is 362 g/mol. The second kappa shape index (κ2) is 9.11. The molecule has 1 aliphatic rings. The van der Waals surface area contributed by atoms with Crippen molar-refractivity contribution in [1.82, 2.24) is 4.90 Å². The van der Waals surface area contributed by atoms with Crippen molar-refractivity contribution >= 4 is 28.9 Å². The predicted octanol–water partition coefficient (Wildman–Crippen LogP) is 3.81. The maximum Gasteiger partial charge on any atom is 0.238 e. The number of carbonyl (C=O) groups excluding carboxylic acids is 1. The second-order valence-corrected chi connectivity index (χ2v) is 7.11. The maximum absolute atomic E-state index is 12.4. The van der Waals surface area contributed by atoms with E-state index in [2.05, 4.69) is 21.2 Å². The number of nitrogens with zero attached hydrogens (tertiary/aromatic N) is 2. The number of hydrogen-bond acceptors (Lipinski definition) is 4. The van der Waals surface area contributed by atoms with Crippen LogP contribution < -0.4 is 15.0 Å². The summed E-state index contributed by atoms with van der Waals surface area (Å²) in [7, 11) is 0. The smallest absolute Gasteiger partial charge is 0.238 e. The molecule has 0 aromatic heterocycles. The van der Waals surface area contributed by atoms with Gasteiger partial charge in [0.15, 0.2) is 0 Å². The minimum atomic E-state index is -0.0106. The average molecular weight is 388 g/mol. The van der Waals surface area contributed by atoms with Crippen molar-refractivity contribution in [3.63, 3.8) is 0 Å². The number of aryl methyl sites for hydroxylation is 1. The van der Waals surface area contributed by atoms with Crippen molar-refractivity contribution in [2.24, 2.45) is 0 Å². The molecule has 1 fully saturated rings. The summed E-state index contributed by atoms with van der Waals surface area (Å²) < 4.78 is 5.74. The van der Waals surface area contributed by atoms with Crippen LogP contribution in [0.25, 0.3) is 0 Å². The van der Waals surface area contributed by atoms with Crippen molar-refractivity contribution in [3.8, 4) is 5.75 Å². The van der Waals surface area contributed by atoms with Gasteiger partial charge in [-0.3, -0.25) is 9.69 Å². The molecule has 144 valence electrons. The van der Waals surface area contributed by atoms with Gasteiger partial charge in [0.05, 0.1) is 18.8 Å². The molecule has 1 aliphatic heterocycles. The average Bonchev–Trinajstić information content (AvgIpc) is 2.66. The van der Waals surface area contributed by atoms with Crippen LogP contribution in [0.2, 0.25) is 5.02 Å². The molecule has 2 aromatic rings. The lowest BCUT2D eigenvalue weighted by Crippen LogP contribution is -2.48. The van der Waals surface area contributed by atoms with E-state index in [1.54, 1.807) is 6.07 Å². The van der Waals surface area contributed by atoms with Gasteiger partial charge in [-0.05, 0) is 43.7 Å². The molecular formula is C21H26ClN3O2. The third-order valence-electron chi connectivity index (χ3n) is 4.72. The Morgan fingerprint density at radius 3 is 2.63 bits per heavy atom. The van der Waals surface area contributed by atoms with E-state index in [-0.39, 0.29) is 5.91 Å². The van der Waals surface area contributed by atoms with Gasteiger partial charge >= 0.3 is 0 Å². The molecule has 27 heavy (non-hydrogen) atoms. The minimum Gasteiger partial charge on any atom is -0.492 e. The molecule has 1 N–H and O–H groups in total. The van der Waals surface area contributed by atoms with Crippen molar-refractivity contribution in [1.29, 1.82) is 0 Å². The molecule has 1 heterocycles. The van der Waals surface area contributed by atoms with E-state index in [1.807, 2.05) is 44.2 Å². The van der Waals surface area contributed by atoms with E-state index in [0.717, 1.165) is 48.9 Å². The fourth-order valence-electron chi connectivity index (χ4n) is 3.26. The van der Waals surface area contributed by atoms with Crippen LogP contribution in [0.1, 0.15) is 12.5 Å². The summed E-state index contributed by atoms with van der Waals surface area (Å²) in [5, 5.41) is 3.59. The molecule has 0 aliphatic carbocycles. The second-order valence-electron chi connectivity index (χ2n) is 6.67. The van der Waals surface area contributed by atoms with E-state index >= 15 is 0 Å². The fourth-order valence-corrected chi connectivity index (χ4v) is 3.44. The van der Waals surface area contributed by atoms with Gasteiger partial charge < -0.3 is 15.0 Å². The topological polar surface area (TPSA) is 44.8 Å². The monoisotopic (exact) mass is 387 g/mol. The first-order chi connectivity index (χ1) is 13.1. The summed E-state index contributed by atoms with van der Waals surface area (Å²) in [5.41, 5.74) is 2.90. The number of rotatable bonds is 6. The lowest BCUT2D eigenvalue weighted by molar-refractivity contribution is -0.117. The zero-order chi connectivity index (χ0) is 19.2. The molecule has 0 radical (unpaired) electrons. The third-order valence-corrected chi connectivity index (χ3v) is 4.95. The van der Waals surface area contributed by atoms with Crippen molar-refractivity contribution in [3.05, 3.63) is 53.1 Å². The standard InChI is InChI=1S/C21H26ClN3O2/c1-3-27-20-7-5-4-6-19(20)25-12-10-24(11-13-25)15-21(26)23-18-14-17(22)9-8-16(18)2/h4-9,14H,3,10-13,15H2,1-2H3,(H,23,26). The van der Waals surface area contributed by atoms with E-state index in [9.17, 15) is 4.79 Å². The zero-order valence-electron chi connectivity index (χ0n) is 15.9. The van der Waals surface area contributed by atoms with Gasteiger partial charge in [0, 0.05) is 36.9 Å². The van der Waals surface area contributed by atoms with E-state index < -0.39 is 0 Å². The van der Waals surface area contributed by atoms with Crippen LogP contribution in [-0.4, -0.2) is 50.1 Å². The number of ether oxygens (including phenoxy) is 1. The number of benzene rings is 2. The quantitative estimate of drug-likeness (QED) is 0.818. The minimum absolute atomic E-state index is 0.0106. The molecule has 0 unspecified atom stereocenters. The van der Waals surface area contributed by atoms with Crippen LogP contribution in [0.4, 0.5) is 11.4 Å². The summed E-state index contributed by atoms with van der Waals surface area (Å²) >= 11 is 6.02. The highest BCUT2D eigenvalue weighted by Gasteiger charge is 2.21. The Balaban J connectivity index is 1.54. The highest BCUT2D eigenvalue weighted by atomic mass is 35.5. The van der Waals surface area contributed by atoms with Crippen LogP contribution in [0.5, 0.6) is 5.75 Å². The molecule has 6 heteroatoms. The van der Waals surface area contributed by atoms with Crippen molar-refractivity contribution < 1.29 is 9.53 Å². The Morgan fingerprint density at radius 2 is 1.89 bits per heavy atom. The number of amides is 1. The summed E-state index contributed by atoms with van der Waals surface area (Å²) in [4.78, 5) is 16.9. The Labute approximate surface area is 165 Å². The van der Waals surface area contributed by atoms with Crippen LogP contribution >= 0.6 is 11.6 Å². The molecule has 5 nitrogen and oxygen atoms in total. The molecule has 3 rings (SSSR count). The number of nitrogens with one attached hydrogen (secondary N) is 1. The first-order valence-electron chi connectivity index (χ1n) is 9.32. The highest BCUT2D eigenvalue weighted by Crippen LogP contribution is 2.28. The van der Waals surface area contributed by atoms with Gasteiger partial charge in [0.1, 0.15) is 5.75 Å². The lowest BCUT2D eigenvalue weighted by Gasteiger charge is -2.36. The number of hydrogen-bond donors (Lipinski definition) is 1. The van der Waals surface area contributed by atoms with Gasteiger partial charge in [-0.1, -0.05) is 29.8 Å². The lowest BCUT2D eigenvalue weighted by atomic mass is 10.2. The van der Waals surface area contributed by atoms with Crippen LogP contribution in [0.15, 0.2) is 42.5 Å². The largest absolute Gasteiger partial charge is 0.492 e. The third kappa shape index (κ3) is 5.15. The summed E-state index contributed by atoms with van der Waals surface area (Å²) in [6, 6.07) is 13.6. The van der Waals surface area contributed by atoms with E-state index in [1.165, 1.54) is 0 Å². The van der Waals surface area contributed by atoms with Crippen LogP contribution in [0.3, 0.4) is 0 Å². The van der Waals surface area contributed by atoms with Gasteiger partial charge in [0.2, 0.25) is 5.91 Å². The van der Waals surface area contributed by atoms with Crippen LogP contribution in [0, 0.1) is 6.92 Å². The SMILES string of the molecule is CCOc1ccccc1N1CCN(CC(=O)Nc2cc(Cl)ccc2C)CC1. The van der Waals surface area contributed by atoms with E-state index in [0.29, 0.717) is 18.2 Å². The molecule has 1 amide bonds. The normalized spacial score (nSPS) is 14.9. The number of piperazine rings is 1. The summed E-state index contributed by atoms with van der Waals surface area (Å²) in [5.74, 6) is 0.908. The molecule has 0 bridgehead atoms. The van der Waals surface area contributed by atoms with Gasteiger partial charge in [-0.2, -0.15) is 0 Å². The highest BCUT2D eigenvalue weighted by molar-refractivity contribution is 6.31. The summed E-state index contributed by atoms with van der Waals surface area (Å²) in [6.07, 6.45) is 0. The zero-order valence-corrected chi connectivity index (χ0v) is 16.6. The Kier molecular flexibility index (Phi) is 6.58. The Morgan fingerprint density at radius 1 is 1.15 bits per heavy atom. The molecule has 0 atom stereocenters. The van der Waals surface area contributed by atoms with Gasteiger partial charge in [0.25, 0.3) is 0 Å². The van der Waals surface area contributed by atoms with Crippen LogP contribution in [-0.2, 0) is 4.79 Å². The van der Waals surface area contributed by atoms with Crippen molar-refractivity contribution in [2.45, 2.75) is 13.8 Å². The van der Waals surface area contributed by atoms with Crippen molar-refractivity contribution in [2.75, 3.05) is 49.5 Å². The maximum atomic E-state index is 12.4. The number of carbonyl (C=O) groups is 1. The fraction of sp³-hybridized carbons (Fsp3) is 0.381. The Bertz CT molecular complexity index is 789. The molecule has 0 spiro atoms. The first-order valence-corrected chi connectivity index (χ1v) is 9.69. The predicted molar refractivity (Wildman–Crippen MR) is 111 cm³/mol. The van der Waals surface area contributed by atoms with Gasteiger partial charge in [-0.25, -0.2) is 0 Å². The molecule has 0 saturated carbocycles. The number of para-hydroxylation sites is 2.